The predicted molar refractivity (Wildman–Crippen MR) is 81.0 cm³/mol. The van der Waals surface area contributed by atoms with E-state index in [1.54, 1.807) is 7.11 Å². The molecule has 0 saturated heterocycles. The molecule has 0 aliphatic heterocycles. The highest BCUT2D eigenvalue weighted by Crippen LogP contribution is 2.45. The van der Waals surface area contributed by atoms with Crippen molar-refractivity contribution < 1.29 is 4.74 Å². The molecule has 0 bridgehead atoms. The third-order valence-electron chi connectivity index (χ3n) is 4.23. The normalized spacial score (nSPS) is 27.5. The number of nitrogens with one attached hydrogen (secondary N) is 1. The molecule has 2 nitrogen and oxygen atoms in total. The lowest BCUT2D eigenvalue weighted by Gasteiger charge is -2.43. The molecule has 19 heavy (non-hydrogen) atoms. The van der Waals surface area contributed by atoms with E-state index in [0.717, 1.165) is 18.5 Å². The van der Waals surface area contributed by atoms with Crippen LogP contribution < -0.4 is 5.32 Å². The van der Waals surface area contributed by atoms with Gasteiger partial charge in [-0.2, -0.15) is 0 Å². The summed E-state index contributed by atoms with van der Waals surface area (Å²) in [7, 11) is 3.79. The molecular weight excluding hydrogens is 281 g/mol. The van der Waals surface area contributed by atoms with Crippen LogP contribution in [-0.4, -0.2) is 20.7 Å². The van der Waals surface area contributed by atoms with Crippen molar-refractivity contribution in [3.63, 3.8) is 0 Å². The molecule has 0 radical (unpaired) electrons. The van der Waals surface area contributed by atoms with Crippen LogP contribution in [0.25, 0.3) is 0 Å². The van der Waals surface area contributed by atoms with E-state index in [-0.39, 0.29) is 5.60 Å². The van der Waals surface area contributed by atoms with Gasteiger partial charge in [0, 0.05) is 19.6 Å². The summed E-state index contributed by atoms with van der Waals surface area (Å²) < 4.78 is 5.98. The molecule has 1 aliphatic carbocycles. The van der Waals surface area contributed by atoms with Gasteiger partial charge < -0.3 is 10.1 Å². The quantitative estimate of drug-likeness (QED) is 0.898. The van der Waals surface area contributed by atoms with Gasteiger partial charge >= 0.3 is 0 Å². The van der Waals surface area contributed by atoms with Gasteiger partial charge in [0.15, 0.2) is 0 Å². The number of benzene rings is 1. The Morgan fingerprint density at radius 3 is 2.74 bits per heavy atom. The summed E-state index contributed by atoms with van der Waals surface area (Å²) in [4.78, 5) is 0. The zero-order valence-corrected chi connectivity index (χ0v) is 13.0. The van der Waals surface area contributed by atoms with Crippen LogP contribution in [0.4, 0.5) is 0 Å². The van der Waals surface area contributed by atoms with Crippen molar-refractivity contribution in [2.45, 2.75) is 31.3 Å². The molecule has 0 amide bonds. The second-order valence-corrected chi connectivity index (χ2v) is 6.04. The van der Waals surface area contributed by atoms with E-state index < -0.39 is 0 Å². The fraction of sp³-hybridized carbons (Fsp3) is 0.600. The maximum absolute atomic E-state index is 6.17. The van der Waals surface area contributed by atoms with Crippen LogP contribution in [-0.2, 0) is 10.3 Å². The van der Waals surface area contributed by atoms with Gasteiger partial charge in [-0.25, -0.2) is 0 Å². The molecule has 1 N–H and O–H groups in total. The first-order chi connectivity index (χ1) is 9.14. The third kappa shape index (κ3) is 2.92. The molecule has 2 rings (SSSR count). The van der Waals surface area contributed by atoms with E-state index in [4.69, 9.17) is 27.9 Å². The highest BCUT2D eigenvalue weighted by Gasteiger charge is 2.42. The number of hydrogen-bond acceptors (Lipinski definition) is 2. The van der Waals surface area contributed by atoms with Gasteiger partial charge in [0.1, 0.15) is 0 Å². The molecule has 1 aromatic rings. The van der Waals surface area contributed by atoms with Crippen LogP contribution in [0.15, 0.2) is 18.2 Å². The third-order valence-corrected chi connectivity index (χ3v) is 4.97. The second-order valence-electron chi connectivity index (χ2n) is 5.22. The van der Waals surface area contributed by atoms with Crippen LogP contribution in [0.3, 0.4) is 0 Å². The molecule has 0 heterocycles. The van der Waals surface area contributed by atoms with Crippen molar-refractivity contribution in [3.8, 4) is 0 Å². The molecule has 1 aromatic carbocycles. The average molecular weight is 302 g/mol. The summed E-state index contributed by atoms with van der Waals surface area (Å²) in [5.41, 5.74) is 0.902. The summed E-state index contributed by atoms with van der Waals surface area (Å²) in [6, 6.07) is 5.87. The molecular formula is C15H21Cl2NO. The summed E-state index contributed by atoms with van der Waals surface area (Å²) >= 11 is 12.2. The largest absolute Gasteiger partial charge is 0.373 e. The number of rotatable bonds is 4. The molecule has 1 fully saturated rings. The molecule has 0 aromatic heterocycles. The molecule has 106 valence electrons. The van der Waals surface area contributed by atoms with Crippen LogP contribution in [0.1, 0.15) is 31.2 Å². The van der Waals surface area contributed by atoms with Crippen molar-refractivity contribution in [2.75, 3.05) is 20.7 Å². The Balaban J connectivity index is 2.40. The molecule has 0 spiro atoms. The summed E-state index contributed by atoms with van der Waals surface area (Å²) in [5.74, 6) is 0.466. The Morgan fingerprint density at radius 2 is 2.11 bits per heavy atom. The average Bonchev–Trinajstić information content (AvgIpc) is 2.43. The van der Waals surface area contributed by atoms with Gasteiger partial charge in [0.2, 0.25) is 0 Å². The maximum Gasteiger partial charge on any atom is 0.0968 e. The number of hydrogen-bond donors (Lipinski definition) is 1. The van der Waals surface area contributed by atoms with Crippen LogP contribution in [0, 0.1) is 5.92 Å². The monoisotopic (exact) mass is 301 g/mol. The summed E-state index contributed by atoms with van der Waals surface area (Å²) in [5, 5.41) is 4.48. The Morgan fingerprint density at radius 1 is 1.32 bits per heavy atom. The van der Waals surface area contributed by atoms with Crippen molar-refractivity contribution in [1.82, 2.24) is 5.32 Å². The fourth-order valence-corrected chi connectivity index (χ4v) is 3.55. The predicted octanol–water partition coefficient (Wildman–Crippen LogP) is 4.24. The fourth-order valence-electron chi connectivity index (χ4n) is 3.25. The van der Waals surface area contributed by atoms with E-state index in [1.807, 2.05) is 25.2 Å². The van der Waals surface area contributed by atoms with E-state index in [0.29, 0.717) is 16.0 Å². The zero-order valence-electron chi connectivity index (χ0n) is 11.5. The van der Waals surface area contributed by atoms with Crippen molar-refractivity contribution >= 4 is 23.2 Å². The highest BCUT2D eigenvalue weighted by atomic mass is 35.5. The summed E-state index contributed by atoms with van der Waals surface area (Å²) in [6.07, 6.45) is 4.66. The lowest BCUT2D eigenvalue weighted by Crippen LogP contribution is -2.44. The van der Waals surface area contributed by atoms with Crippen molar-refractivity contribution in [3.05, 3.63) is 33.8 Å². The molecule has 1 aliphatic rings. The number of ether oxygens (including phenoxy) is 1. The Bertz CT molecular complexity index is 436. The minimum absolute atomic E-state index is 0.241. The maximum atomic E-state index is 6.17. The Kier molecular flexibility index (Phi) is 5.13. The van der Waals surface area contributed by atoms with E-state index >= 15 is 0 Å². The van der Waals surface area contributed by atoms with Crippen molar-refractivity contribution in [1.29, 1.82) is 0 Å². The molecule has 2 atom stereocenters. The van der Waals surface area contributed by atoms with Gasteiger partial charge in [-0.3, -0.25) is 0 Å². The minimum atomic E-state index is -0.241. The van der Waals surface area contributed by atoms with Crippen LogP contribution in [0.2, 0.25) is 10.0 Å². The number of methoxy groups -OCH3 is 1. The lowest BCUT2D eigenvalue weighted by molar-refractivity contribution is -0.0883. The van der Waals surface area contributed by atoms with Gasteiger partial charge in [-0.15, -0.1) is 0 Å². The first kappa shape index (κ1) is 15.1. The first-order valence-corrected chi connectivity index (χ1v) is 7.55. The van der Waals surface area contributed by atoms with E-state index in [1.165, 1.54) is 19.3 Å². The van der Waals surface area contributed by atoms with Crippen LogP contribution in [0.5, 0.6) is 0 Å². The highest BCUT2D eigenvalue weighted by molar-refractivity contribution is 6.42. The molecule has 1 saturated carbocycles. The SMILES string of the molecule is CNC[C@@H]1CCCC[C@@]1(OC)c1ccc(Cl)c(Cl)c1. The Hall–Kier alpha value is -0.280. The smallest absolute Gasteiger partial charge is 0.0968 e. The van der Waals surface area contributed by atoms with Gasteiger partial charge in [-0.05, 0) is 37.6 Å². The topological polar surface area (TPSA) is 21.3 Å². The standard InChI is InChI=1S/C15H21Cl2NO/c1-18-10-12-5-3-4-8-15(12,19-2)11-6-7-13(16)14(17)9-11/h6-7,9,12,18H,3-5,8,10H2,1-2H3/t12-,15+/m0/s1. The van der Waals surface area contributed by atoms with Crippen LogP contribution >= 0.6 is 23.2 Å². The van der Waals surface area contributed by atoms with Gasteiger partial charge in [0.05, 0.1) is 15.6 Å². The summed E-state index contributed by atoms with van der Waals surface area (Å²) in [6.45, 7) is 0.952. The van der Waals surface area contributed by atoms with Crippen molar-refractivity contribution in [2.24, 2.45) is 5.92 Å². The zero-order chi connectivity index (χ0) is 13.9. The Labute approximate surface area is 125 Å². The lowest BCUT2D eigenvalue weighted by atomic mass is 9.71. The first-order valence-electron chi connectivity index (χ1n) is 6.79. The number of halogens is 2. The van der Waals surface area contributed by atoms with Gasteiger partial charge in [-0.1, -0.05) is 42.1 Å². The molecule has 4 heteroatoms. The van der Waals surface area contributed by atoms with Gasteiger partial charge in [0.25, 0.3) is 0 Å². The van der Waals surface area contributed by atoms with E-state index in [9.17, 15) is 0 Å². The minimum Gasteiger partial charge on any atom is -0.373 e. The second kappa shape index (κ2) is 6.45. The van der Waals surface area contributed by atoms with E-state index in [2.05, 4.69) is 5.32 Å². The molecule has 0 unspecified atom stereocenters.